The molecule has 0 amide bonds. The molecule has 5 nitrogen and oxygen atoms in total. The Hall–Kier alpha value is -2.47. The van der Waals surface area contributed by atoms with E-state index in [0.29, 0.717) is 16.8 Å². The van der Waals surface area contributed by atoms with Gasteiger partial charge < -0.3 is 5.11 Å². The van der Waals surface area contributed by atoms with Gasteiger partial charge in [0.2, 0.25) is 5.43 Å². The van der Waals surface area contributed by atoms with E-state index in [1.807, 2.05) is 25.1 Å². The van der Waals surface area contributed by atoms with Crippen molar-refractivity contribution in [3.05, 3.63) is 62.1 Å². The Labute approximate surface area is 124 Å². The molecule has 0 spiro atoms. The Bertz CT molecular complexity index is 895. The normalized spacial score (nSPS) is 10.9. The average Bonchev–Trinajstić information content (AvgIpc) is 2.84. The van der Waals surface area contributed by atoms with Gasteiger partial charge in [-0.3, -0.25) is 9.48 Å². The Morgan fingerprint density at radius 1 is 1.38 bits per heavy atom. The molecule has 0 bridgehead atoms. The lowest BCUT2D eigenvalue weighted by molar-refractivity contribution is 0.0702. The maximum absolute atomic E-state index is 11.8. The van der Waals surface area contributed by atoms with Gasteiger partial charge in [0, 0.05) is 10.3 Å². The van der Waals surface area contributed by atoms with Gasteiger partial charge >= 0.3 is 5.97 Å². The summed E-state index contributed by atoms with van der Waals surface area (Å²) < 4.78 is 1.72. The largest absolute Gasteiger partial charge is 0.477 e. The van der Waals surface area contributed by atoms with Crippen LogP contribution in [0.25, 0.3) is 10.9 Å². The van der Waals surface area contributed by atoms with E-state index in [2.05, 4.69) is 5.10 Å². The van der Waals surface area contributed by atoms with Crippen molar-refractivity contribution in [3.63, 3.8) is 0 Å². The zero-order chi connectivity index (χ0) is 15.0. The topological polar surface area (TPSA) is 72.2 Å². The highest BCUT2D eigenvalue weighted by atomic mass is 32.1. The highest BCUT2D eigenvalue weighted by Gasteiger charge is 2.12. The molecule has 3 aromatic rings. The molecule has 0 fully saturated rings. The second-order valence-electron chi connectivity index (χ2n) is 4.68. The van der Waals surface area contributed by atoms with Crippen LogP contribution in [0, 0.1) is 6.92 Å². The van der Waals surface area contributed by atoms with E-state index in [0.717, 1.165) is 16.0 Å². The highest BCUT2D eigenvalue weighted by Crippen LogP contribution is 2.23. The molecule has 0 aliphatic rings. The summed E-state index contributed by atoms with van der Waals surface area (Å²) in [5.74, 6) is -0.924. The first-order valence-electron chi connectivity index (χ1n) is 6.34. The quantitative estimate of drug-likeness (QED) is 0.806. The lowest BCUT2D eigenvalue weighted by Crippen LogP contribution is -2.13. The van der Waals surface area contributed by atoms with Crippen LogP contribution in [-0.2, 0) is 6.54 Å². The summed E-state index contributed by atoms with van der Waals surface area (Å²) in [4.78, 5) is 24.1. The van der Waals surface area contributed by atoms with Crippen LogP contribution in [0.3, 0.4) is 0 Å². The van der Waals surface area contributed by atoms with E-state index < -0.39 is 5.97 Å². The van der Waals surface area contributed by atoms with E-state index in [1.165, 1.54) is 17.5 Å². The summed E-state index contributed by atoms with van der Waals surface area (Å²) in [6, 6.07) is 8.93. The number of carboxylic acid groups (broad SMARTS) is 1. The SMILES string of the molecule is Cc1sc(C(=O)O)cc1Cn1ncc(=O)c2ccccc21. The molecule has 1 N–H and O–H groups in total. The van der Waals surface area contributed by atoms with Crippen LogP contribution in [0.4, 0.5) is 0 Å². The van der Waals surface area contributed by atoms with Crippen molar-refractivity contribution in [2.24, 2.45) is 0 Å². The van der Waals surface area contributed by atoms with Crippen molar-refractivity contribution in [2.45, 2.75) is 13.5 Å². The fourth-order valence-electron chi connectivity index (χ4n) is 2.23. The molecule has 21 heavy (non-hydrogen) atoms. The highest BCUT2D eigenvalue weighted by molar-refractivity contribution is 7.14. The van der Waals surface area contributed by atoms with Crippen LogP contribution >= 0.6 is 11.3 Å². The number of rotatable bonds is 3. The van der Waals surface area contributed by atoms with Gasteiger partial charge in [-0.05, 0) is 30.7 Å². The number of para-hydroxylation sites is 1. The third kappa shape index (κ3) is 2.45. The maximum Gasteiger partial charge on any atom is 0.345 e. The van der Waals surface area contributed by atoms with Crippen molar-refractivity contribution >= 4 is 28.2 Å². The van der Waals surface area contributed by atoms with Gasteiger partial charge in [0.15, 0.2) is 0 Å². The van der Waals surface area contributed by atoms with Gasteiger partial charge in [0.05, 0.1) is 18.3 Å². The minimum absolute atomic E-state index is 0.116. The summed E-state index contributed by atoms with van der Waals surface area (Å²) in [6.07, 6.45) is 1.29. The van der Waals surface area contributed by atoms with E-state index in [9.17, 15) is 9.59 Å². The summed E-state index contributed by atoms with van der Waals surface area (Å²) >= 11 is 1.25. The first-order valence-corrected chi connectivity index (χ1v) is 7.15. The minimum atomic E-state index is -0.924. The molecule has 0 radical (unpaired) electrons. The van der Waals surface area contributed by atoms with Gasteiger partial charge in [-0.25, -0.2) is 4.79 Å². The van der Waals surface area contributed by atoms with Gasteiger partial charge in [0.25, 0.3) is 0 Å². The standard InChI is InChI=1S/C15H12N2O3S/c1-9-10(6-14(21-9)15(19)20)8-17-12-5-3-2-4-11(12)13(18)7-16-17/h2-7H,8H2,1H3,(H,19,20). The number of benzene rings is 1. The van der Waals surface area contributed by atoms with Crippen molar-refractivity contribution in [3.8, 4) is 0 Å². The molecule has 0 unspecified atom stereocenters. The fourth-order valence-corrected chi connectivity index (χ4v) is 3.10. The number of nitrogens with zero attached hydrogens (tertiary/aromatic N) is 2. The lowest BCUT2D eigenvalue weighted by atomic mass is 10.2. The number of aromatic carboxylic acids is 1. The first-order chi connectivity index (χ1) is 10.1. The predicted molar refractivity (Wildman–Crippen MR) is 81.1 cm³/mol. The molecule has 0 atom stereocenters. The molecule has 106 valence electrons. The predicted octanol–water partition coefficient (Wildman–Crippen LogP) is 2.51. The molecular weight excluding hydrogens is 288 g/mol. The van der Waals surface area contributed by atoms with Crippen molar-refractivity contribution in [1.82, 2.24) is 9.78 Å². The van der Waals surface area contributed by atoms with Crippen molar-refractivity contribution in [2.75, 3.05) is 0 Å². The maximum atomic E-state index is 11.8. The Balaban J connectivity index is 2.09. The zero-order valence-electron chi connectivity index (χ0n) is 11.2. The molecule has 0 aliphatic heterocycles. The number of aromatic nitrogens is 2. The van der Waals surface area contributed by atoms with Crippen LogP contribution in [0.1, 0.15) is 20.1 Å². The number of carbonyl (C=O) groups is 1. The Morgan fingerprint density at radius 3 is 2.86 bits per heavy atom. The van der Waals surface area contributed by atoms with Gasteiger partial charge in [-0.1, -0.05) is 12.1 Å². The minimum Gasteiger partial charge on any atom is -0.477 e. The smallest absolute Gasteiger partial charge is 0.345 e. The Kier molecular flexibility index (Phi) is 3.31. The number of carboxylic acids is 1. The van der Waals surface area contributed by atoms with Crippen LogP contribution in [0.15, 0.2) is 41.3 Å². The van der Waals surface area contributed by atoms with Crippen molar-refractivity contribution in [1.29, 1.82) is 0 Å². The second kappa shape index (κ2) is 5.14. The third-order valence-electron chi connectivity index (χ3n) is 3.31. The van der Waals surface area contributed by atoms with Gasteiger partial charge in [-0.15, -0.1) is 11.3 Å². The van der Waals surface area contributed by atoms with Crippen LogP contribution in [0.5, 0.6) is 0 Å². The second-order valence-corrected chi connectivity index (χ2v) is 5.94. The first kappa shape index (κ1) is 13.5. The number of hydrogen-bond donors (Lipinski definition) is 1. The molecule has 2 heterocycles. The summed E-state index contributed by atoms with van der Waals surface area (Å²) in [6.45, 7) is 2.33. The molecule has 1 aromatic carbocycles. The monoisotopic (exact) mass is 300 g/mol. The molecule has 2 aromatic heterocycles. The number of hydrogen-bond acceptors (Lipinski definition) is 4. The van der Waals surface area contributed by atoms with Crippen molar-refractivity contribution < 1.29 is 9.90 Å². The summed E-state index contributed by atoms with van der Waals surface area (Å²) in [5, 5.41) is 13.8. The average molecular weight is 300 g/mol. The molecule has 0 aliphatic carbocycles. The van der Waals surface area contributed by atoms with E-state index in [4.69, 9.17) is 5.11 Å². The molecule has 6 heteroatoms. The molecule has 0 saturated heterocycles. The van der Waals surface area contributed by atoms with Crippen LogP contribution in [-0.4, -0.2) is 20.9 Å². The summed E-state index contributed by atoms with van der Waals surface area (Å²) in [5.41, 5.74) is 1.53. The van der Waals surface area contributed by atoms with E-state index in [1.54, 1.807) is 16.8 Å². The summed E-state index contributed by atoms with van der Waals surface area (Å²) in [7, 11) is 0. The van der Waals surface area contributed by atoms with Crippen LogP contribution in [0.2, 0.25) is 0 Å². The van der Waals surface area contributed by atoms with Crippen LogP contribution < -0.4 is 5.43 Å². The number of fused-ring (bicyclic) bond motifs is 1. The molecular formula is C15H12N2O3S. The number of aryl methyl sites for hydroxylation is 1. The van der Waals surface area contributed by atoms with Gasteiger partial charge in [0.1, 0.15) is 4.88 Å². The van der Waals surface area contributed by atoms with E-state index in [-0.39, 0.29) is 5.43 Å². The zero-order valence-corrected chi connectivity index (χ0v) is 12.1. The van der Waals surface area contributed by atoms with E-state index >= 15 is 0 Å². The lowest BCUT2D eigenvalue weighted by Gasteiger charge is -2.08. The van der Waals surface area contributed by atoms with Gasteiger partial charge in [-0.2, -0.15) is 5.10 Å². The number of thiophene rings is 1. The Morgan fingerprint density at radius 2 is 2.14 bits per heavy atom. The third-order valence-corrected chi connectivity index (χ3v) is 4.39. The molecule has 0 saturated carbocycles. The molecule has 3 rings (SSSR count). The fraction of sp³-hybridized carbons (Fsp3) is 0.133.